The maximum Gasteiger partial charge on any atom is 0.488 e. The number of hydrogen-bond donors (Lipinski definition) is 3. The van der Waals surface area contributed by atoms with Crippen LogP contribution in [0.1, 0.15) is 15.9 Å². The van der Waals surface area contributed by atoms with Crippen molar-refractivity contribution in [1.82, 2.24) is 5.48 Å². The molecule has 1 amide bonds. The zero-order chi connectivity index (χ0) is 17.1. The van der Waals surface area contributed by atoms with Crippen molar-refractivity contribution in [3.63, 3.8) is 0 Å². The molecule has 0 fully saturated rings. The molecule has 9 heteroatoms. The van der Waals surface area contributed by atoms with Crippen molar-refractivity contribution < 1.29 is 19.7 Å². The molecule has 0 bridgehead atoms. The van der Waals surface area contributed by atoms with Crippen molar-refractivity contribution in [2.75, 3.05) is 0 Å². The Morgan fingerprint density at radius 1 is 1.12 bits per heavy atom. The number of hydrogen-bond acceptors (Lipinski definition) is 7. The van der Waals surface area contributed by atoms with Crippen molar-refractivity contribution in [3.8, 4) is 0 Å². The maximum absolute atomic E-state index is 12.2. The second-order valence-electron chi connectivity index (χ2n) is 4.96. The first-order valence-electron chi connectivity index (χ1n) is 6.95. The maximum atomic E-state index is 12.2. The van der Waals surface area contributed by atoms with Gasteiger partial charge in [0.15, 0.2) is 5.43 Å². The van der Waals surface area contributed by atoms with Crippen LogP contribution >= 0.6 is 20.7 Å². The van der Waals surface area contributed by atoms with Gasteiger partial charge in [0, 0.05) is 0 Å². The highest BCUT2D eigenvalue weighted by molar-refractivity contribution is 7.78. The number of benzene rings is 1. The monoisotopic (exact) mass is 361 g/mol. The minimum absolute atomic E-state index is 0.0810. The van der Waals surface area contributed by atoms with Crippen LogP contribution in [-0.4, -0.2) is 23.1 Å². The Morgan fingerprint density at radius 3 is 2.50 bits per heavy atom. The standard InChI is InChI=1S/C15H12BNO5S2/c18-11-2-1-3-12-14(24-23-12)13(11)15(19)17-22-8-9-4-6-10(7-5-9)16(20)21/h1-7,20-21H,8H2,(H,17,19). The highest BCUT2D eigenvalue weighted by atomic mass is 32.9. The van der Waals surface area contributed by atoms with Crippen molar-refractivity contribution >= 4 is 48.6 Å². The van der Waals surface area contributed by atoms with Gasteiger partial charge in [-0.05, 0) is 23.2 Å². The first-order chi connectivity index (χ1) is 11.6. The van der Waals surface area contributed by atoms with Crippen molar-refractivity contribution in [3.05, 3.63) is 63.8 Å². The molecule has 3 rings (SSSR count). The fraction of sp³-hybridized carbons (Fsp3) is 0.0667. The van der Waals surface area contributed by atoms with Gasteiger partial charge in [-0.2, -0.15) is 0 Å². The molecule has 0 atom stereocenters. The van der Waals surface area contributed by atoms with Crippen LogP contribution in [0.15, 0.2) is 47.3 Å². The number of rotatable bonds is 5. The van der Waals surface area contributed by atoms with E-state index in [0.29, 0.717) is 10.2 Å². The minimum atomic E-state index is -1.53. The molecule has 0 radical (unpaired) electrons. The fourth-order valence-electron chi connectivity index (χ4n) is 2.05. The van der Waals surface area contributed by atoms with E-state index in [-0.39, 0.29) is 17.6 Å². The molecule has 1 aromatic heterocycles. The van der Waals surface area contributed by atoms with E-state index in [0.717, 1.165) is 10.3 Å². The Labute approximate surface area is 144 Å². The van der Waals surface area contributed by atoms with Crippen LogP contribution in [0.3, 0.4) is 0 Å². The zero-order valence-electron chi connectivity index (χ0n) is 12.3. The molecule has 0 aliphatic carbocycles. The fourth-order valence-corrected chi connectivity index (χ4v) is 4.10. The lowest BCUT2D eigenvalue weighted by molar-refractivity contribution is 0.0234. The van der Waals surface area contributed by atoms with Crippen LogP contribution in [0.4, 0.5) is 0 Å². The number of carbonyl (C=O) groups excluding carboxylic acids is 1. The lowest BCUT2D eigenvalue weighted by Crippen LogP contribution is -2.30. The Balaban J connectivity index is 1.66. The van der Waals surface area contributed by atoms with E-state index in [1.165, 1.54) is 26.7 Å². The average molecular weight is 361 g/mol. The summed E-state index contributed by atoms with van der Waals surface area (Å²) >= 11 is 0. The molecule has 0 saturated heterocycles. The van der Waals surface area contributed by atoms with Gasteiger partial charge in [-0.25, -0.2) is 5.48 Å². The van der Waals surface area contributed by atoms with Gasteiger partial charge < -0.3 is 10.0 Å². The lowest BCUT2D eigenvalue weighted by Gasteiger charge is -2.07. The number of amides is 1. The Hall–Kier alpha value is -2.04. The van der Waals surface area contributed by atoms with E-state index in [2.05, 4.69) is 5.48 Å². The van der Waals surface area contributed by atoms with Gasteiger partial charge in [0.1, 0.15) is 5.56 Å². The molecule has 6 nitrogen and oxygen atoms in total. The molecule has 0 unspecified atom stereocenters. The summed E-state index contributed by atoms with van der Waals surface area (Å²) in [5, 5.41) is 18.0. The lowest BCUT2D eigenvalue weighted by atomic mass is 9.80. The van der Waals surface area contributed by atoms with Crippen LogP contribution in [0, 0.1) is 0 Å². The molecule has 3 N–H and O–H groups in total. The number of fused-ring (bicyclic) bond motifs is 1. The number of carbonyl (C=O) groups is 1. The largest absolute Gasteiger partial charge is 0.488 e. The van der Waals surface area contributed by atoms with Gasteiger partial charge in [0.05, 0.1) is 16.0 Å². The molecule has 0 saturated carbocycles. The summed E-state index contributed by atoms with van der Waals surface area (Å²) in [6.45, 7) is 0.0881. The molecule has 0 aliphatic rings. The quantitative estimate of drug-likeness (QED) is 0.356. The molecule has 1 heterocycles. The molecule has 0 aliphatic heterocycles. The third-order valence-corrected chi connectivity index (χ3v) is 5.93. The van der Waals surface area contributed by atoms with Gasteiger partial charge in [0.25, 0.3) is 5.91 Å². The molecule has 0 spiro atoms. The van der Waals surface area contributed by atoms with Crippen molar-refractivity contribution in [2.24, 2.45) is 0 Å². The summed E-state index contributed by atoms with van der Waals surface area (Å²) in [6.07, 6.45) is 0. The second-order valence-corrected chi connectivity index (χ2v) is 7.14. The zero-order valence-corrected chi connectivity index (χ0v) is 13.9. The van der Waals surface area contributed by atoms with E-state index < -0.39 is 13.0 Å². The molecule has 24 heavy (non-hydrogen) atoms. The Kier molecular flexibility index (Phi) is 5.07. The normalized spacial score (nSPS) is 10.8. The van der Waals surface area contributed by atoms with Gasteiger partial charge >= 0.3 is 7.12 Å². The first-order valence-corrected chi connectivity index (χ1v) is 9.10. The average Bonchev–Trinajstić information content (AvgIpc) is 2.65. The third kappa shape index (κ3) is 3.55. The predicted octanol–water partition coefficient (Wildman–Crippen LogP) is 0.864. The highest BCUT2D eigenvalue weighted by Crippen LogP contribution is 2.32. The highest BCUT2D eigenvalue weighted by Gasteiger charge is 2.16. The van der Waals surface area contributed by atoms with E-state index in [9.17, 15) is 9.59 Å². The summed E-state index contributed by atoms with van der Waals surface area (Å²) in [5.74, 6) is -0.581. The van der Waals surface area contributed by atoms with Crippen LogP contribution in [0.2, 0.25) is 0 Å². The van der Waals surface area contributed by atoms with Crippen LogP contribution in [-0.2, 0) is 11.4 Å². The van der Waals surface area contributed by atoms with E-state index >= 15 is 0 Å². The summed E-state index contributed by atoms with van der Waals surface area (Å²) < 4.78 is 1.56. The summed E-state index contributed by atoms with van der Waals surface area (Å²) in [5.41, 5.74) is 3.11. The Morgan fingerprint density at radius 2 is 1.88 bits per heavy atom. The van der Waals surface area contributed by atoms with Gasteiger partial charge in [-0.15, -0.1) is 0 Å². The van der Waals surface area contributed by atoms with E-state index in [4.69, 9.17) is 14.9 Å². The Bertz CT molecular complexity index is 920. The van der Waals surface area contributed by atoms with Gasteiger partial charge in [0.2, 0.25) is 0 Å². The number of hydroxylamine groups is 1. The molecular weight excluding hydrogens is 349 g/mol. The SMILES string of the molecule is O=C(NOCc1ccc(B(O)O)cc1)c1c(=O)cccc2ssc12. The second kappa shape index (κ2) is 7.24. The van der Waals surface area contributed by atoms with Gasteiger partial charge in [-0.3, -0.25) is 14.4 Å². The minimum Gasteiger partial charge on any atom is -0.423 e. The van der Waals surface area contributed by atoms with Crippen LogP contribution in [0.5, 0.6) is 0 Å². The smallest absolute Gasteiger partial charge is 0.423 e. The topological polar surface area (TPSA) is 95.9 Å². The predicted molar refractivity (Wildman–Crippen MR) is 94.5 cm³/mol. The number of nitrogens with one attached hydrogen (secondary N) is 1. The van der Waals surface area contributed by atoms with E-state index in [1.807, 2.05) is 0 Å². The third-order valence-electron chi connectivity index (χ3n) is 3.32. The summed E-state index contributed by atoms with van der Waals surface area (Å²) in [6, 6.07) is 11.2. The van der Waals surface area contributed by atoms with Gasteiger partial charge in [-0.1, -0.05) is 51.0 Å². The van der Waals surface area contributed by atoms with Crippen LogP contribution < -0.4 is 16.4 Å². The molecule has 122 valence electrons. The van der Waals surface area contributed by atoms with Crippen molar-refractivity contribution in [1.29, 1.82) is 0 Å². The first kappa shape index (κ1) is 16.8. The molecular formula is C15H12BNO5S2. The van der Waals surface area contributed by atoms with Crippen molar-refractivity contribution in [2.45, 2.75) is 6.61 Å². The van der Waals surface area contributed by atoms with E-state index in [1.54, 1.807) is 36.4 Å². The molecule has 3 aromatic rings. The summed E-state index contributed by atoms with van der Waals surface area (Å²) in [7, 11) is 1.36. The van der Waals surface area contributed by atoms with Crippen LogP contribution in [0.25, 0.3) is 9.40 Å². The summed E-state index contributed by atoms with van der Waals surface area (Å²) in [4.78, 5) is 29.4. The molecule has 2 aromatic carbocycles.